The summed E-state index contributed by atoms with van der Waals surface area (Å²) in [6.45, 7) is 5.46. The Morgan fingerprint density at radius 2 is 1.00 bits per heavy atom. The normalized spacial score (nSPS) is 20.8. The quantitative estimate of drug-likeness (QED) is 0.784. The van der Waals surface area contributed by atoms with Gasteiger partial charge in [0.15, 0.2) is 0 Å². The molecule has 2 aromatic carbocycles. The Hall–Kier alpha value is -1.97. The van der Waals surface area contributed by atoms with Crippen molar-refractivity contribution in [2.75, 3.05) is 13.1 Å². The summed E-state index contributed by atoms with van der Waals surface area (Å²) in [4.78, 5) is 0. The number of para-hydroxylation sites is 4. The predicted octanol–water partition coefficient (Wildman–Crippen LogP) is 4.40. The number of fused-ring (bicyclic) bond motifs is 2. The van der Waals surface area contributed by atoms with Crippen molar-refractivity contribution in [3.05, 3.63) is 48.5 Å². The van der Waals surface area contributed by atoms with Crippen LogP contribution in [0.4, 0.5) is 0 Å². The Morgan fingerprint density at radius 3 is 1.27 bits per heavy atom. The van der Waals surface area contributed by atoms with Gasteiger partial charge in [0.05, 0.1) is 0 Å². The van der Waals surface area contributed by atoms with Crippen LogP contribution in [0.3, 0.4) is 0 Å². The van der Waals surface area contributed by atoms with E-state index in [9.17, 15) is 0 Å². The van der Waals surface area contributed by atoms with Gasteiger partial charge >= 0.3 is 129 Å². The van der Waals surface area contributed by atoms with Crippen LogP contribution >= 0.6 is 7.66 Å². The van der Waals surface area contributed by atoms with Gasteiger partial charge in [0.25, 0.3) is 0 Å². The van der Waals surface area contributed by atoms with Gasteiger partial charge in [-0.05, 0) is 0 Å². The first-order chi connectivity index (χ1) is 10.7. The van der Waals surface area contributed by atoms with E-state index < -0.39 is 7.66 Å². The van der Waals surface area contributed by atoms with Gasteiger partial charge in [0, 0.05) is 0 Å². The van der Waals surface area contributed by atoms with Gasteiger partial charge in [-0.25, -0.2) is 0 Å². The van der Waals surface area contributed by atoms with Crippen molar-refractivity contribution in [1.29, 1.82) is 0 Å². The molecule has 6 heteroatoms. The third kappa shape index (κ3) is 1.67. The maximum absolute atomic E-state index is 6.26. The van der Waals surface area contributed by atoms with Crippen molar-refractivity contribution < 1.29 is 18.1 Å². The molecule has 0 fully saturated rings. The first kappa shape index (κ1) is 13.7. The molecule has 0 aliphatic carbocycles. The van der Waals surface area contributed by atoms with Crippen LogP contribution < -0.4 is 18.1 Å². The second-order valence-corrected chi connectivity index (χ2v) is 8.01. The van der Waals surface area contributed by atoms with E-state index in [1.807, 2.05) is 67.0 Å². The maximum atomic E-state index is 6.26. The summed E-state index contributed by atoms with van der Waals surface area (Å²) in [6.07, 6.45) is 0. The fraction of sp³-hybridized carbons (Fsp3) is 0.250. The molecule has 0 saturated carbocycles. The minimum atomic E-state index is -3.92. The Morgan fingerprint density at radius 1 is 0.682 bits per heavy atom. The van der Waals surface area contributed by atoms with Gasteiger partial charge in [-0.3, -0.25) is 0 Å². The molecular weight excluding hydrogens is 301 g/mol. The average Bonchev–Trinajstić information content (AvgIpc) is 3.03. The van der Waals surface area contributed by atoms with Crippen molar-refractivity contribution in [2.24, 2.45) is 0 Å². The van der Waals surface area contributed by atoms with E-state index in [0.717, 1.165) is 0 Å². The predicted molar refractivity (Wildman–Crippen MR) is 85.2 cm³/mol. The van der Waals surface area contributed by atoms with Gasteiger partial charge in [0.1, 0.15) is 0 Å². The third-order valence-corrected chi connectivity index (χ3v) is 7.39. The molecule has 2 heterocycles. The third-order valence-electron chi connectivity index (χ3n) is 3.89. The van der Waals surface area contributed by atoms with Gasteiger partial charge in [0.2, 0.25) is 0 Å². The molecule has 4 rings (SSSR count). The summed E-state index contributed by atoms with van der Waals surface area (Å²) in [5.41, 5.74) is 0. The van der Waals surface area contributed by atoms with E-state index in [1.165, 1.54) is 0 Å². The molecule has 0 unspecified atom stereocenters. The summed E-state index contributed by atoms with van der Waals surface area (Å²) in [6, 6.07) is 15.1. The monoisotopic (exact) mass is 319 g/mol. The van der Waals surface area contributed by atoms with Crippen LogP contribution in [-0.4, -0.2) is 17.8 Å². The Bertz CT molecular complexity index is 619. The molecule has 2 aliphatic heterocycles. The van der Waals surface area contributed by atoms with Crippen molar-refractivity contribution in [3.8, 4) is 23.0 Å². The van der Waals surface area contributed by atoms with Crippen LogP contribution in [0.25, 0.3) is 0 Å². The average molecular weight is 319 g/mol. The molecule has 2 aromatic rings. The number of benzene rings is 2. The molecule has 0 bridgehead atoms. The van der Waals surface area contributed by atoms with Crippen molar-refractivity contribution in [3.63, 3.8) is 0 Å². The molecule has 0 amide bonds. The van der Waals surface area contributed by atoms with Crippen molar-refractivity contribution >= 4 is 7.66 Å². The Kier molecular flexibility index (Phi) is 2.80. The second-order valence-electron chi connectivity index (χ2n) is 5.17. The van der Waals surface area contributed by atoms with E-state index in [1.54, 1.807) is 0 Å². The standard InChI is InChI=1S/C16H18NO4P/c1-3-17(4-2)22(18-13-9-5-6-10-14(13)19-22)20-15-11-7-8-12-16(15)21-22/h5-12H,3-4H2,1-2H3. The van der Waals surface area contributed by atoms with Crippen LogP contribution in [0.2, 0.25) is 0 Å². The Balaban J connectivity index is 1.87. The topological polar surface area (TPSA) is 40.2 Å². The SMILES string of the molecule is CCN(CC)P12(Oc3ccccc3O1)Oc1ccccc1O2. The number of rotatable bonds is 3. The molecule has 1 spiro atoms. The minimum absolute atomic E-state index is 0.653. The molecule has 116 valence electrons. The van der Waals surface area contributed by atoms with E-state index in [-0.39, 0.29) is 0 Å². The summed E-state index contributed by atoms with van der Waals surface area (Å²) < 4.78 is 27.0. The summed E-state index contributed by atoms with van der Waals surface area (Å²) in [5.74, 6) is 2.61. The van der Waals surface area contributed by atoms with Crippen LogP contribution in [0.1, 0.15) is 13.8 Å². The summed E-state index contributed by atoms with van der Waals surface area (Å²) in [7, 11) is -3.92. The van der Waals surface area contributed by atoms with Crippen LogP contribution in [-0.2, 0) is 0 Å². The molecule has 2 aliphatic rings. The van der Waals surface area contributed by atoms with E-state index >= 15 is 0 Å². The van der Waals surface area contributed by atoms with Crippen LogP contribution in [0.5, 0.6) is 23.0 Å². The number of hydrogen-bond donors (Lipinski definition) is 0. The zero-order chi connectivity index (χ0) is 15.2. The van der Waals surface area contributed by atoms with Gasteiger partial charge in [-0.15, -0.1) is 0 Å². The summed E-state index contributed by atoms with van der Waals surface area (Å²) in [5, 5.41) is 0. The van der Waals surface area contributed by atoms with Crippen molar-refractivity contribution in [2.45, 2.75) is 13.8 Å². The second kappa shape index (κ2) is 4.51. The van der Waals surface area contributed by atoms with Gasteiger partial charge in [-0.2, -0.15) is 0 Å². The first-order valence-electron chi connectivity index (χ1n) is 7.45. The molecule has 0 aromatic heterocycles. The number of hydrogen-bond acceptors (Lipinski definition) is 5. The zero-order valence-electron chi connectivity index (χ0n) is 12.6. The van der Waals surface area contributed by atoms with E-state index in [2.05, 4.69) is 0 Å². The number of nitrogens with zero attached hydrogens (tertiary/aromatic N) is 1. The van der Waals surface area contributed by atoms with Crippen molar-refractivity contribution in [1.82, 2.24) is 4.67 Å². The zero-order valence-corrected chi connectivity index (χ0v) is 13.5. The fourth-order valence-electron chi connectivity index (χ4n) is 2.89. The molecule has 0 radical (unpaired) electrons. The van der Waals surface area contributed by atoms with Crippen LogP contribution in [0.15, 0.2) is 48.5 Å². The molecule has 0 atom stereocenters. The molecule has 0 saturated heterocycles. The molecule has 5 nitrogen and oxygen atoms in total. The van der Waals surface area contributed by atoms with Gasteiger partial charge in [-0.1, -0.05) is 0 Å². The summed E-state index contributed by atoms with van der Waals surface area (Å²) >= 11 is 0. The van der Waals surface area contributed by atoms with E-state index in [4.69, 9.17) is 18.1 Å². The van der Waals surface area contributed by atoms with Crippen LogP contribution in [0, 0.1) is 0 Å². The van der Waals surface area contributed by atoms with E-state index in [0.29, 0.717) is 36.1 Å². The molecule has 0 N–H and O–H groups in total. The first-order valence-corrected chi connectivity index (χ1v) is 9.31. The van der Waals surface area contributed by atoms with Gasteiger partial charge < -0.3 is 0 Å². The molecule has 22 heavy (non-hydrogen) atoms. The fourth-order valence-corrected chi connectivity index (χ4v) is 6.42. The Labute approximate surface area is 129 Å². The molecular formula is C16H18NO4P.